The van der Waals surface area contributed by atoms with Crippen molar-refractivity contribution in [3.05, 3.63) is 0 Å². The minimum Gasteiger partial charge on any atom is -0.302 e. The molecule has 1 aliphatic rings. The van der Waals surface area contributed by atoms with Gasteiger partial charge in [-0.05, 0) is 31.8 Å². The van der Waals surface area contributed by atoms with Crippen molar-refractivity contribution in [2.45, 2.75) is 31.9 Å². The lowest BCUT2D eigenvalue weighted by molar-refractivity contribution is 0.314. The maximum atomic E-state index is 11.3. The van der Waals surface area contributed by atoms with Crippen molar-refractivity contribution in [1.29, 1.82) is 0 Å². The zero-order valence-corrected chi connectivity index (χ0v) is 10.2. The Hall–Kier alpha value is -0.0900. The van der Waals surface area contributed by atoms with E-state index in [2.05, 4.69) is 18.7 Å². The van der Waals surface area contributed by atoms with Crippen LogP contribution >= 0.6 is 0 Å². The van der Waals surface area contributed by atoms with Crippen molar-refractivity contribution in [1.82, 2.24) is 4.90 Å². The zero-order valence-electron chi connectivity index (χ0n) is 9.36. The van der Waals surface area contributed by atoms with E-state index in [9.17, 15) is 8.42 Å². The molecule has 0 spiro atoms. The van der Waals surface area contributed by atoms with Crippen molar-refractivity contribution in [3.63, 3.8) is 0 Å². The van der Waals surface area contributed by atoms with Gasteiger partial charge in [0.1, 0.15) is 0 Å². The first kappa shape index (κ1) is 12.0. The van der Waals surface area contributed by atoms with Crippen LogP contribution < -0.4 is 0 Å². The van der Waals surface area contributed by atoms with Crippen LogP contribution in [-0.2, 0) is 9.84 Å². The molecule has 1 unspecified atom stereocenters. The molecule has 0 radical (unpaired) electrons. The second kappa shape index (κ2) is 4.62. The van der Waals surface area contributed by atoms with Crippen LogP contribution in [-0.4, -0.2) is 44.5 Å². The minimum absolute atomic E-state index is 0.116. The number of hydrogen-bond donors (Lipinski definition) is 0. The van der Waals surface area contributed by atoms with Crippen molar-refractivity contribution >= 4 is 9.84 Å². The highest BCUT2D eigenvalue weighted by Gasteiger charge is 2.29. The van der Waals surface area contributed by atoms with E-state index in [1.54, 1.807) is 0 Å². The number of likely N-dealkylation sites (tertiary alicyclic amines) is 1. The van der Waals surface area contributed by atoms with E-state index >= 15 is 0 Å². The summed E-state index contributed by atoms with van der Waals surface area (Å²) in [5.41, 5.74) is 0. The molecule has 0 aromatic rings. The number of sulfone groups is 1. The maximum absolute atomic E-state index is 11.3. The summed E-state index contributed by atoms with van der Waals surface area (Å²) < 4.78 is 22.6. The average Bonchev–Trinajstić information content (AvgIpc) is 2.47. The second-order valence-corrected chi connectivity index (χ2v) is 7.05. The van der Waals surface area contributed by atoms with Gasteiger partial charge in [0.25, 0.3) is 0 Å². The lowest BCUT2D eigenvalue weighted by atomic mass is 10.1. The van der Waals surface area contributed by atoms with Crippen LogP contribution in [0.25, 0.3) is 0 Å². The Balaban J connectivity index is 2.35. The lowest BCUT2D eigenvalue weighted by Crippen LogP contribution is -2.27. The molecular formula is C10H21NO2S. The Morgan fingerprint density at radius 1 is 1.43 bits per heavy atom. The van der Waals surface area contributed by atoms with Crippen LogP contribution in [0.5, 0.6) is 0 Å². The normalized spacial score (nSPS) is 24.7. The van der Waals surface area contributed by atoms with Crippen molar-refractivity contribution in [3.8, 4) is 0 Å². The number of hydrogen-bond acceptors (Lipinski definition) is 3. The van der Waals surface area contributed by atoms with Gasteiger partial charge in [-0.25, -0.2) is 8.42 Å². The summed E-state index contributed by atoms with van der Waals surface area (Å²) in [6.45, 7) is 7.13. The van der Waals surface area contributed by atoms with Gasteiger partial charge < -0.3 is 4.90 Å². The van der Waals surface area contributed by atoms with Crippen LogP contribution in [0.2, 0.25) is 0 Å². The molecule has 14 heavy (non-hydrogen) atoms. The Bertz CT molecular complexity index is 272. The van der Waals surface area contributed by atoms with E-state index in [1.165, 1.54) is 6.26 Å². The molecule has 0 saturated carbocycles. The molecule has 1 atom stereocenters. The molecule has 1 aliphatic heterocycles. The topological polar surface area (TPSA) is 37.4 Å². The van der Waals surface area contributed by atoms with Crippen LogP contribution in [0.15, 0.2) is 0 Å². The van der Waals surface area contributed by atoms with Crippen LogP contribution in [0.3, 0.4) is 0 Å². The molecule has 4 heteroatoms. The van der Waals surface area contributed by atoms with Gasteiger partial charge >= 0.3 is 0 Å². The fourth-order valence-electron chi connectivity index (χ4n) is 1.79. The summed E-state index contributed by atoms with van der Waals surface area (Å²) >= 11 is 0. The van der Waals surface area contributed by atoms with Crippen LogP contribution in [0.4, 0.5) is 0 Å². The summed E-state index contributed by atoms with van der Waals surface area (Å²) in [5, 5.41) is -0.116. The van der Waals surface area contributed by atoms with Gasteiger partial charge in [0.05, 0.1) is 5.25 Å². The van der Waals surface area contributed by atoms with Gasteiger partial charge in [0.15, 0.2) is 9.84 Å². The second-order valence-electron chi connectivity index (χ2n) is 4.72. The van der Waals surface area contributed by atoms with Gasteiger partial charge in [-0.3, -0.25) is 0 Å². The van der Waals surface area contributed by atoms with Gasteiger partial charge in [0.2, 0.25) is 0 Å². The average molecular weight is 219 g/mol. The summed E-state index contributed by atoms with van der Waals surface area (Å²) in [6.07, 6.45) is 3.33. The predicted octanol–water partition coefficient (Wildman–Crippen LogP) is 1.15. The number of rotatable bonds is 4. The molecule has 1 rings (SSSR count). The molecular weight excluding hydrogens is 198 g/mol. The SMILES string of the molecule is CC(C)CCN1CCC(S(C)(=O)=O)C1. The molecule has 0 aromatic carbocycles. The summed E-state index contributed by atoms with van der Waals surface area (Å²) in [7, 11) is -2.82. The summed E-state index contributed by atoms with van der Waals surface area (Å²) in [4.78, 5) is 2.27. The van der Waals surface area contributed by atoms with Gasteiger partial charge in [0, 0.05) is 12.8 Å². The molecule has 0 aliphatic carbocycles. The van der Waals surface area contributed by atoms with E-state index < -0.39 is 9.84 Å². The third-order valence-electron chi connectivity index (χ3n) is 2.86. The van der Waals surface area contributed by atoms with Crippen molar-refractivity contribution in [2.75, 3.05) is 25.9 Å². The fraction of sp³-hybridized carbons (Fsp3) is 1.00. The van der Waals surface area contributed by atoms with Crippen molar-refractivity contribution < 1.29 is 8.42 Å². The van der Waals surface area contributed by atoms with Crippen LogP contribution in [0.1, 0.15) is 26.7 Å². The van der Waals surface area contributed by atoms with Gasteiger partial charge in [-0.15, -0.1) is 0 Å². The standard InChI is InChI=1S/C10H21NO2S/c1-9(2)4-6-11-7-5-10(8-11)14(3,12)13/h9-10H,4-8H2,1-3H3. The summed E-state index contributed by atoms with van der Waals surface area (Å²) in [5.74, 6) is 0.701. The van der Waals surface area contributed by atoms with Crippen molar-refractivity contribution in [2.24, 2.45) is 5.92 Å². The predicted molar refractivity (Wildman–Crippen MR) is 59.1 cm³/mol. The molecule has 0 aromatic heterocycles. The third kappa shape index (κ3) is 3.58. The fourth-order valence-corrected chi connectivity index (χ4v) is 2.81. The third-order valence-corrected chi connectivity index (χ3v) is 4.45. The zero-order chi connectivity index (χ0) is 10.8. The maximum Gasteiger partial charge on any atom is 0.151 e. The van der Waals surface area contributed by atoms with Crippen LogP contribution in [0, 0.1) is 5.92 Å². The molecule has 84 valence electrons. The first-order valence-electron chi connectivity index (χ1n) is 5.31. The molecule has 0 N–H and O–H groups in total. The number of nitrogens with zero attached hydrogens (tertiary/aromatic N) is 1. The van der Waals surface area contributed by atoms with E-state index in [0.29, 0.717) is 5.92 Å². The highest BCUT2D eigenvalue weighted by molar-refractivity contribution is 7.91. The van der Waals surface area contributed by atoms with E-state index in [4.69, 9.17) is 0 Å². The van der Waals surface area contributed by atoms with E-state index in [1.807, 2.05) is 0 Å². The largest absolute Gasteiger partial charge is 0.302 e. The molecule has 1 heterocycles. The Morgan fingerprint density at radius 3 is 2.50 bits per heavy atom. The Morgan fingerprint density at radius 2 is 2.07 bits per heavy atom. The first-order valence-corrected chi connectivity index (χ1v) is 7.26. The molecule has 1 fully saturated rings. The van der Waals surface area contributed by atoms with E-state index in [0.717, 1.165) is 32.5 Å². The Labute approximate surface area is 87.4 Å². The highest BCUT2D eigenvalue weighted by atomic mass is 32.2. The molecule has 1 saturated heterocycles. The van der Waals surface area contributed by atoms with Gasteiger partial charge in [-0.1, -0.05) is 13.8 Å². The quantitative estimate of drug-likeness (QED) is 0.712. The lowest BCUT2D eigenvalue weighted by Gasteiger charge is -2.16. The molecule has 3 nitrogen and oxygen atoms in total. The van der Waals surface area contributed by atoms with E-state index in [-0.39, 0.29) is 5.25 Å². The first-order chi connectivity index (χ1) is 6.39. The molecule has 0 amide bonds. The molecule has 0 bridgehead atoms. The van der Waals surface area contributed by atoms with Gasteiger partial charge in [-0.2, -0.15) is 0 Å². The highest BCUT2D eigenvalue weighted by Crippen LogP contribution is 2.17. The smallest absolute Gasteiger partial charge is 0.151 e. The monoisotopic (exact) mass is 219 g/mol. The Kier molecular flexibility index (Phi) is 3.95. The summed E-state index contributed by atoms with van der Waals surface area (Å²) in [6, 6.07) is 0. The minimum atomic E-state index is -2.82.